The van der Waals surface area contributed by atoms with Crippen LogP contribution in [0.15, 0.2) is 41.6 Å². The Morgan fingerprint density at radius 1 is 1.29 bits per heavy atom. The van der Waals surface area contributed by atoms with Crippen LogP contribution in [-0.2, 0) is 4.79 Å². The number of hydrogen-bond acceptors (Lipinski definition) is 5. The molecule has 0 spiro atoms. The molecule has 0 aliphatic carbocycles. The van der Waals surface area contributed by atoms with E-state index in [4.69, 9.17) is 11.6 Å². The van der Waals surface area contributed by atoms with Crippen LogP contribution in [0, 0.1) is 0 Å². The van der Waals surface area contributed by atoms with Gasteiger partial charge in [-0.2, -0.15) is 0 Å². The quantitative estimate of drug-likeness (QED) is 0.451. The van der Waals surface area contributed by atoms with Crippen molar-refractivity contribution in [3.05, 3.63) is 47.3 Å². The Morgan fingerprint density at radius 2 is 1.93 bits per heavy atom. The van der Waals surface area contributed by atoms with Crippen LogP contribution in [0.3, 0.4) is 0 Å². The molecule has 0 radical (unpaired) electrons. The number of thioether (sulfide) groups is 1. The van der Waals surface area contributed by atoms with Gasteiger partial charge in [-0.3, -0.25) is 14.3 Å². The summed E-state index contributed by atoms with van der Waals surface area (Å²) < 4.78 is 1.99. The first-order chi connectivity index (χ1) is 13.2. The van der Waals surface area contributed by atoms with Crippen LogP contribution >= 0.6 is 23.4 Å². The summed E-state index contributed by atoms with van der Waals surface area (Å²) in [6.07, 6.45) is 0. The molecule has 1 heterocycles. The molecule has 8 heteroatoms. The number of benzene rings is 1. The zero-order valence-corrected chi connectivity index (χ0v) is 18.7. The molecule has 0 saturated carbocycles. The van der Waals surface area contributed by atoms with E-state index >= 15 is 0 Å². The second-order valence-corrected chi connectivity index (χ2v) is 8.32. The number of hydrogen-bond donors (Lipinski definition) is 0. The Kier molecular flexibility index (Phi) is 8.10. The summed E-state index contributed by atoms with van der Waals surface area (Å²) in [5.74, 6) is 1.17. The van der Waals surface area contributed by atoms with Gasteiger partial charge in [0.15, 0.2) is 11.0 Å². The molecule has 1 aromatic carbocycles. The van der Waals surface area contributed by atoms with E-state index in [1.54, 1.807) is 4.90 Å². The van der Waals surface area contributed by atoms with E-state index in [-0.39, 0.29) is 11.9 Å². The average molecular weight is 422 g/mol. The van der Waals surface area contributed by atoms with Gasteiger partial charge in [0, 0.05) is 23.8 Å². The minimum atomic E-state index is 0.0587. The van der Waals surface area contributed by atoms with Gasteiger partial charge in [0.05, 0.1) is 11.8 Å². The lowest BCUT2D eigenvalue weighted by molar-refractivity contribution is -0.127. The predicted octanol–water partition coefficient (Wildman–Crippen LogP) is 4.06. The smallest absolute Gasteiger partial charge is 0.233 e. The first kappa shape index (κ1) is 22.5. The van der Waals surface area contributed by atoms with E-state index in [2.05, 4.69) is 28.6 Å². The van der Waals surface area contributed by atoms with Crippen molar-refractivity contribution in [2.45, 2.75) is 32.0 Å². The molecule has 0 fully saturated rings. The van der Waals surface area contributed by atoms with Gasteiger partial charge >= 0.3 is 0 Å². The monoisotopic (exact) mass is 421 g/mol. The van der Waals surface area contributed by atoms with Gasteiger partial charge in [0.1, 0.15) is 0 Å². The number of aromatic nitrogens is 3. The lowest BCUT2D eigenvalue weighted by Gasteiger charge is -2.21. The van der Waals surface area contributed by atoms with Crippen LogP contribution in [0.25, 0.3) is 5.69 Å². The van der Waals surface area contributed by atoms with Crippen LogP contribution in [-0.4, -0.2) is 63.4 Å². The fraction of sp³-hybridized carbons (Fsp3) is 0.450. The fourth-order valence-corrected chi connectivity index (χ4v) is 3.62. The third-order valence-electron chi connectivity index (χ3n) is 4.41. The van der Waals surface area contributed by atoms with E-state index in [0.717, 1.165) is 17.1 Å². The molecule has 1 atom stereocenters. The van der Waals surface area contributed by atoms with Gasteiger partial charge in [-0.05, 0) is 59.1 Å². The molecule has 2 aromatic rings. The number of carbonyl (C=O) groups excluding carboxylic acids is 1. The first-order valence-corrected chi connectivity index (χ1v) is 10.5. The van der Waals surface area contributed by atoms with Crippen LogP contribution in [0.5, 0.6) is 0 Å². The van der Waals surface area contributed by atoms with E-state index in [1.807, 2.05) is 56.8 Å². The maximum absolute atomic E-state index is 12.6. The molecule has 0 aliphatic rings. The summed E-state index contributed by atoms with van der Waals surface area (Å²) in [5, 5.41) is 10.1. The van der Waals surface area contributed by atoms with Gasteiger partial charge in [0.25, 0.3) is 0 Å². The molecule has 0 saturated heterocycles. The molecule has 0 unspecified atom stereocenters. The zero-order valence-electron chi connectivity index (χ0n) is 17.1. The van der Waals surface area contributed by atoms with Crippen molar-refractivity contribution >= 4 is 29.3 Å². The summed E-state index contributed by atoms with van der Waals surface area (Å²) in [7, 11) is 4.00. The molecule has 28 heavy (non-hydrogen) atoms. The second kappa shape index (κ2) is 10.1. The summed E-state index contributed by atoms with van der Waals surface area (Å²) in [4.78, 5) is 16.5. The van der Waals surface area contributed by atoms with Crippen LogP contribution in [0.4, 0.5) is 0 Å². The third kappa shape index (κ3) is 5.59. The molecule has 152 valence electrons. The van der Waals surface area contributed by atoms with Crippen molar-refractivity contribution in [1.82, 2.24) is 24.6 Å². The van der Waals surface area contributed by atoms with Gasteiger partial charge < -0.3 is 4.90 Å². The number of halogens is 1. The first-order valence-electron chi connectivity index (χ1n) is 9.17. The summed E-state index contributed by atoms with van der Waals surface area (Å²) in [6.45, 7) is 11.1. The predicted molar refractivity (Wildman–Crippen MR) is 116 cm³/mol. The third-order valence-corrected chi connectivity index (χ3v) is 5.58. The average Bonchev–Trinajstić information content (AvgIpc) is 3.07. The number of amides is 1. The highest BCUT2D eigenvalue weighted by molar-refractivity contribution is 7.99. The number of nitrogens with zero attached hydrogens (tertiary/aromatic N) is 5. The lowest BCUT2D eigenvalue weighted by atomic mass is 10.2. The maximum atomic E-state index is 12.6. The standard InChI is InChI=1S/C20H28ClN5OS/c1-7-25(12-14(2)3)18(27)13-28-20-23-22-19(15(4)24(5)6)26(20)17-10-8-16(21)9-11-17/h8-11,15H,2,7,12-13H2,1,3-6H3/t15-/m0/s1. The highest BCUT2D eigenvalue weighted by atomic mass is 35.5. The fourth-order valence-electron chi connectivity index (χ4n) is 2.63. The van der Waals surface area contributed by atoms with Crippen molar-refractivity contribution in [3.63, 3.8) is 0 Å². The molecule has 6 nitrogen and oxygen atoms in total. The van der Waals surface area contributed by atoms with Crippen molar-refractivity contribution in [2.24, 2.45) is 0 Å². The molecular formula is C20H28ClN5OS. The number of likely N-dealkylation sites (N-methyl/N-ethyl adjacent to an activating group) is 1. The summed E-state index contributed by atoms with van der Waals surface area (Å²) in [5.41, 5.74) is 1.88. The SMILES string of the molecule is C=C(C)CN(CC)C(=O)CSc1nnc([C@H](C)N(C)C)n1-c1ccc(Cl)cc1. The molecule has 1 amide bonds. The Hall–Kier alpha value is -1.83. The minimum Gasteiger partial charge on any atom is -0.338 e. The number of rotatable bonds is 9. The largest absolute Gasteiger partial charge is 0.338 e. The Morgan fingerprint density at radius 3 is 2.46 bits per heavy atom. The highest BCUT2D eigenvalue weighted by Gasteiger charge is 2.22. The highest BCUT2D eigenvalue weighted by Crippen LogP contribution is 2.27. The molecule has 0 aliphatic heterocycles. The zero-order chi connectivity index (χ0) is 20.8. The minimum absolute atomic E-state index is 0.0587. The molecule has 1 aromatic heterocycles. The summed E-state index contributed by atoms with van der Waals surface area (Å²) in [6, 6.07) is 7.60. The van der Waals surface area contributed by atoms with Crippen LogP contribution in [0.2, 0.25) is 5.02 Å². The van der Waals surface area contributed by atoms with E-state index in [0.29, 0.717) is 29.0 Å². The van der Waals surface area contributed by atoms with E-state index in [1.165, 1.54) is 11.8 Å². The Labute approximate surface area is 176 Å². The lowest BCUT2D eigenvalue weighted by Crippen LogP contribution is -2.33. The van der Waals surface area contributed by atoms with Crippen molar-refractivity contribution in [1.29, 1.82) is 0 Å². The molecule has 0 N–H and O–H groups in total. The van der Waals surface area contributed by atoms with Crippen molar-refractivity contribution < 1.29 is 4.79 Å². The van der Waals surface area contributed by atoms with Crippen LogP contribution in [0.1, 0.15) is 32.6 Å². The second-order valence-electron chi connectivity index (χ2n) is 6.95. The molecular weight excluding hydrogens is 394 g/mol. The van der Waals surface area contributed by atoms with E-state index < -0.39 is 0 Å². The number of carbonyl (C=O) groups is 1. The van der Waals surface area contributed by atoms with Crippen molar-refractivity contribution in [3.8, 4) is 5.69 Å². The maximum Gasteiger partial charge on any atom is 0.233 e. The summed E-state index contributed by atoms with van der Waals surface area (Å²) >= 11 is 7.44. The van der Waals surface area contributed by atoms with Gasteiger partial charge in [-0.1, -0.05) is 35.5 Å². The van der Waals surface area contributed by atoms with Gasteiger partial charge in [-0.25, -0.2) is 0 Å². The van der Waals surface area contributed by atoms with Gasteiger partial charge in [0.2, 0.25) is 5.91 Å². The normalized spacial score (nSPS) is 12.2. The molecule has 2 rings (SSSR count). The van der Waals surface area contributed by atoms with Crippen LogP contribution < -0.4 is 0 Å². The Bertz CT molecular complexity index is 819. The van der Waals surface area contributed by atoms with Crippen molar-refractivity contribution in [2.75, 3.05) is 32.9 Å². The van der Waals surface area contributed by atoms with Gasteiger partial charge in [-0.15, -0.1) is 10.2 Å². The Balaban J connectivity index is 2.30. The topological polar surface area (TPSA) is 54.3 Å². The molecule has 0 bridgehead atoms. The van der Waals surface area contributed by atoms with E-state index in [9.17, 15) is 4.79 Å².